The van der Waals surface area contributed by atoms with Gasteiger partial charge in [-0.15, -0.1) is 0 Å². The van der Waals surface area contributed by atoms with Crippen molar-refractivity contribution in [3.63, 3.8) is 0 Å². The molecular formula is C12H13ClFNO4S. The summed E-state index contributed by atoms with van der Waals surface area (Å²) in [5.74, 6) is -1.76. The maximum atomic E-state index is 13.1. The number of halogens is 2. The van der Waals surface area contributed by atoms with Gasteiger partial charge in [-0.05, 0) is 31.0 Å². The molecule has 0 spiro atoms. The minimum absolute atomic E-state index is 0.114. The van der Waals surface area contributed by atoms with Crippen LogP contribution < -0.4 is 4.72 Å². The third-order valence-corrected chi connectivity index (χ3v) is 5.43. The summed E-state index contributed by atoms with van der Waals surface area (Å²) in [5, 5.41) is 9.01. The van der Waals surface area contributed by atoms with Crippen LogP contribution in [0, 0.1) is 11.2 Å². The molecule has 0 saturated heterocycles. The Bertz CT molecular complexity index is 643. The first-order valence-corrected chi connectivity index (χ1v) is 7.81. The fourth-order valence-electron chi connectivity index (χ4n) is 2.06. The Kier molecular flexibility index (Phi) is 4.04. The lowest BCUT2D eigenvalue weighted by molar-refractivity contribution is -0.153. The molecule has 1 fully saturated rings. The highest BCUT2D eigenvalue weighted by atomic mass is 35.5. The van der Waals surface area contributed by atoms with E-state index in [9.17, 15) is 17.6 Å². The van der Waals surface area contributed by atoms with E-state index in [-0.39, 0.29) is 16.5 Å². The van der Waals surface area contributed by atoms with Crippen molar-refractivity contribution in [3.05, 3.63) is 29.0 Å². The van der Waals surface area contributed by atoms with Crippen LogP contribution in [0.15, 0.2) is 23.1 Å². The first kappa shape index (κ1) is 15.2. The molecule has 1 aromatic carbocycles. The Morgan fingerprint density at radius 3 is 2.60 bits per heavy atom. The van der Waals surface area contributed by atoms with Crippen LogP contribution in [0.1, 0.15) is 19.3 Å². The van der Waals surface area contributed by atoms with Gasteiger partial charge in [0, 0.05) is 6.54 Å². The molecule has 0 amide bonds. The summed E-state index contributed by atoms with van der Waals surface area (Å²) in [7, 11) is -4.04. The summed E-state index contributed by atoms with van der Waals surface area (Å²) >= 11 is 5.74. The zero-order valence-corrected chi connectivity index (χ0v) is 12.0. The highest BCUT2D eigenvalue weighted by Gasteiger charge is 2.45. The number of nitrogens with one attached hydrogen (secondary N) is 1. The molecule has 1 aromatic rings. The summed E-state index contributed by atoms with van der Waals surface area (Å²) in [6.45, 7) is -0.225. The second-order valence-corrected chi connectivity index (χ2v) is 6.98. The van der Waals surface area contributed by atoms with Gasteiger partial charge >= 0.3 is 5.97 Å². The van der Waals surface area contributed by atoms with E-state index in [1.54, 1.807) is 0 Å². The van der Waals surface area contributed by atoms with Gasteiger partial charge in [0.05, 0.1) is 10.4 Å². The SMILES string of the molecule is O=C(O)C1(CNS(=O)(=O)c2cc(F)ccc2Cl)CCC1. The lowest BCUT2D eigenvalue weighted by atomic mass is 9.69. The lowest BCUT2D eigenvalue weighted by Crippen LogP contribution is -2.47. The lowest BCUT2D eigenvalue weighted by Gasteiger charge is -2.37. The molecule has 0 heterocycles. The molecule has 0 radical (unpaired) electrons. The summed E-state index contributed by atoms with van der Waals surface area (Å²) in [5.41, 5.74) is -1.06. The number of carbonyl (C=O) groups is 1. The van der Waals surface area contributed by atoms with Gasteiger partial charge in [0.2, 0.25) is 10.0 Å². The van der Waals surface area contributed by atoms with Gasteiger partial charge < -0.3 is 5.11 Å². The van der Waals surface area contributed by atoms with E-state index in [1.807, 2.05) is 0 Å². The van der Waals surface area contributed by atoms with Gasteiger partial charge in [0.25, 0.3) is 0 Å². The van der Waals surface area contributed by atoms with E-state index in [0.717, 1.165) is 24.6 Å². The smallest absolute Gasteiger partial charge is 0.310 e. The number of carboxylic acid groups (broad SMARTS) is 1. The third-order valence-electron chi connectivity index (χ3n) is 3.55. The van der Waals surface area contributed by atoms with Crippen LogP contribution in [0.4, 0.5) is 4.39 Å². The topological polar surface area (TPSA) is 83.5 Å². The molecule has 0 aromatic heterocycles. The van der Waals surface area contributed by atoms with Crippen molar-refractivity contribution in [2.45, 2.75) is 24.2 Å². The zero-order chi connectivity index (χ0) is 15.0. The monoisotopic (exact) mass is 321 g/mol. The van der Waals surface area contributed by atoms with Gasteiger partial charge in [0.1, 0.15) is 10.7 Å². The molecule has 0 atom stereocenters. The largest absolute Gasteiger partial charge is 0.481 e. The van der Waals surface area contributed by atoms with Crippen LogP contribution in [0.5, 0.6) is 0 Å². The van der Waals surface area contributed by atoms with Crippen molar-refractivity contribution < 1.29 is 22.7 Å². The Hall–Kier alpha value is -1.18. The number of hydrogen-bond donors (Lipinski definition) is 2. The van der Waals surface area contributed by atoms with Gasteiger partial charge in [0.15, 0.2) is 0 Å². The predicted molar refractivity (Wildman–Crippen MR) is 70.5 cm³/mol. The first-order chi connectivity index (χ1) is 9.27. The molecule has 110 valence electrons. The van der Waals surface area contributed by atoms with Gasteiger partial charge in [-0.3, -0.25) is 4.79 Å². The summed E-state index contributed by atoms with van der Waals surface area (Å²) < 4.78 is 39.4. The van der Waals surface area contributed by atoms with Crippen LogP contribution in [0.3, 0.4) is 0 Å². The van der Waals surface area contributed by atoms with E-state index in [2.05, 4.69) is 4.72 Å². The molecule has 2 rings (SSSR count). The first-order valence-electron chi connectivity index (χ1n) is 5.95. The molecule has 0 bridgehead atoms. The molecule has 5 nitrogen and oxygen atoms in total. The van der Waals surface area contributed by atoms with Crippen molar-refractivity contribution >= 4 is 27.6 Å². The molecule has 1 aliphatic carbocycles. The van der Waals surface area contributed by atoms with Crippen LogP contribution in [-0.2, 0) is 14.8 Å². The van der Waals surface area contributed by atoms with Crippen LogP contribution >= 0.6 is 11.6 Å². The van der Waals surface area contributed by atoms with Crippen molar-refractivity contribution in [2.75, 3.05) is 6.54 Å². The Balaban J connectivity index is 2.20. The van der Waals surface area contributed by atoms with E-state index >= 15 is 0 Å². The number of carboxylic acids is 1. The second-order valence-electron chi connectivity index (χ2n) is 4.84. The number of sulfonamides is 1. The third kappa shape index (κ3) is 2.79. The van der Waals surface area contributed by atoms with Gasteiger partial charge in [-0.2, -0.15) is 0 Å². The Morgan fingerprint density at radius 2 is 2.10 bits per heavy atom. The molecule has 1 aliphatic rings. The Morgan fingerprint density at radius 1 is 1.45 bits per heavy atom. The van der Waals surface area contributed by atoms with E-state index < -0.39 is 27.2 Å². The molecule has 0 aliphatic heterocycles. The predicted octanol–water partition coefficient (Wildman–Crippen LogP) is 2.01. The highest BCUT2D eigenvalue weighted by Crippen LogP contribution is 2.40. The maximum absolute atomic E-state index is 13.1. The van der Waals surface area contributed by atoms with Crippen molar-refractivity contribution in [3.8, 4) is 0 Å². The molecule has 20 heavy (non-hydrogen) atoms. The quantitative estimate of drug-likeness (QED) is 0.869. The number of rotatable bonds is 5. The fourth-order valence-corrected chi connectivity index (χ4v) is 3.70. The average Bonchev–Trinajstić information content (AvgIpc) is 2.30. The summed E-state index contributed by atoms with van der Waals surface area (Å²) in [4.78, 5) is 10.8. The van der Waals surface area contributed by atoms with Crippen molar-refractivity contribution in [1.82, 2.24) is 4.72 Å². The van der Waals surface area contributed by atoms with Crippen LogP contribution in [0.2, 0.25) is 5.02 Å². The molecular weight excluding hydrogens is 309 g/mol. The molecule has 8 heteroatoms. The number of hydrogen-bond acceptors (Lipinski definition) is 3. The molecule has 0 unspecified atom stereocenters. The van der Waals surface area contributed by atoms with Gasteiger partial charge in [-0.1, -0.05) is 18.0 Å². The maximum Gasteiger partial charge on any atom is 0.310 e. The van der Waals surface area contributed by atoms with E-state index in [1.165, 1.54) is 0 Å². The summed E-state index contributed by atoms with van der Waals surface area (Å²) in [6.07, 6.45) is 1.58. The zero-order valence-electron chi connectivity index (χ0n) is 10.4. The fraction of sp³-hybridized carbons (Fsp3) is 0.417. The van der Waals surface area contributed by atoms with Crippen LogP contribution in [-0.4, -0.2) is 26.0 Å². The minimum atomic E-state index is -4.04. The molecule has 1 saturated carbocycles. The second kappa shape index (κ2) is 5.31. The van der Waals surface area contributed by atoms with Crippen molar-refractivity contribution in [1.29, 1.82) is 0 Å². The van der Waals surface area contributed by atoms with Gasteiger partial charge in [-0.25, -0.2) is 17.5 Å². The highest BCUT2D eigenvalue weighted by molar-refractivity contribution is 7.89. The van der Waals surface area contributed by atoms with E-state index in [4.69, 9.17) is 16.7 Å². The number of aliphatic carboxylic acids is 1. The normalized spacial score (nSPS) is 17.5. The van der Waals surface area contributed by atoms with Crippen LogP contribution in [0.25, 0.3) is 0 Å². The van der Waals surface area contributed by atoms with Crippen molar-refractivity contribution in [2.24, 2.45) is 5.41 Å². The summed E-state index contributed by atoms with van der Waals surface area (Å²) in [6, 6.07) is 2.99. The van der Waals surface area contributed by atoms with E-state index in [0.29, 0.717) is 12.8 Å². The minimum Gasteiger partial charge on any atom is -0.481 e. The number of benzene rings is 1. The average molecular weight is 322 g/mol. The standard InChI is InChI=1S/C12H13ClFNO4S/c13-9-3-2-8(14)6-10(9)20(18,19)15-7-12(11(16)17)4-1-5-12/h2-3,6,15H,1,4-5,7H2,(H,16,17). The Labute approximate surface area is 120 Å². The molecule has 2 N–H and O–H groups in total.